The number of aliphatic imine (C=N–C) groups is 1. The minimum atomic E-state index is -4.73. The van der Waals surface area contributed by atoms with Gasteiger partial charge < -0.3 is 15.7 Å². The number of alkyl halides is 3. The SMILES string of the molecule is NC(=CC(=Nc1ccccc1Cl)c1ccc(C(=O)N2CCC(O)(Cc3ccccc3)CC2)cc1)C(F)(F)F. The second-order valence-corrected chi connectivity index (χ2v) is 9.71. The van der Waals surface area contributed by atoms with E-state index < -0.39 is 17.5 Å². The minimum Gasteiger partial charge on any atom is -0.395 e. The van der Waals surface area contributed by atoms with Crippen LogP contribution in [0, 0.1) is 0 Å². The van der Waals surface area contributed by atoms with Crippen molar-refractivity contribution < 1.29 is 23.1 Å². The summed E-state index contributed by atoms with van der Waals surface area (Å²) in [7, 11) is 0. The zero-order valence-corrected chi connectivity index (χ0v) is 21.2. The number of nitrogens with zero attached hydrogens (tertiary/aromatic N) is 2. The van der Waals surface area contributed by atoms with Gasteiger partial charge in [-0.2, -0.15) is 13.2 Å². The Morgan fingerprint density at radius 2 is 1.55 bits per heavy atom. The molecule has 1 amide bonds. The molecule has 0 aromatic heterocycles. The quantitative estimate of drug-likeness (QED) is 0.371. The number of hydrogen-bond acceptors (Lipinski definition) is 4. The maximum Gasteiger partial charge on any atom is 0.430 e. The smallest absolute Gasteiger partial charge is 0.395 e. The fourth-order valence-corrected chi connectivity index (χ4v) is 4.50. The molecule has 0 spiro atoms. The molecular weight excluding hydrogens is 515 g/mol. The van der Waals surface area contributed by atoms with Crippen LogP contribution in [0.5, 0.6) is 0 Å². The topological polar surface area (TPSA) is 78.9 Å². The number of para-hydroxylation sites is 1. The van der Waals surface area contributed by atoms with Crippen LogP contribution in [0.3, 0.4) is 0 Å². The van der Waals surface area contributed by atoms with Gasteiger partial charge in [-0.05, 0) is 48.7 Å². The number of carbonyl (C=O) groups excluding carboxylic acids is 1. The number of likely N-dealkylation sites (tertiary alicyclic amines) is 1. The van der Waals surface area contributed by atoms with E-state index in [1.807, 2.05) is 30.3 Å². The number of rotatable bonds is 6. The summed E-state index contributed by atoms with van der Waals surface area (Å²) in [6.07, 6.45) is -2.57. The second kappa shape index (κ2) is 11.4. The predicted octanol–water partition coefficient (Wildman–Crippen LogP) is 6.08. The molecule has 1 heterocycles. The highest BCUT2D eigenvalue weighted by atomic mass is 35.5. The maximum absolute atomic E-state index is 13.2. The largest absolute Gasteiger partial charge is 0.430 e. The molecule has 1 saturated heterocycles. The summed E-state index contributed by atoms with van der Waals surface area (Å²) in [6, 6.07) is 22.4. The first-order valence-electron chi connectivity index (χ1n) is 12.1. The Bertz CT molecular complexity index is 1330. The van der Waals surface area contributed by atoms with Gasteiger partial charge in [0.2, 0.25) is 0 Å². The van der Waals surface area contributed by atoms with Crippen molar-refractivity contribution in [3.05, 3.63) is 112 Å². The fraction of sp³-hybridized carbons (Fsp3) is 0.241. The molecule has 0 unspecified atom stereocenters. The summed E-state index contributed by atoms with van der Waals surface area (Å²) < 4.78 is 39.5. The standard InChI is InChI=1S/C29H27ClF3N3O2/c30-23-8-4-5-9-24(23)35-25(18-26(34)29(31,32)33)21-10-12-22(13-11-21)27(37)36-16-14-28(38,15-17-36)19-20-6-2-1-3-7-20/h1-13,18,38H,14-17,19,34H2. The van der Waals surface area contributed by atoms with Crippen molar-refractivity contribution in [2.75, 3.05) is 13.1 Å². The summed E-state index contributed by atoms with van der Waals surface area (Å²) in [5.74, 6) is -0.215. The Hall–Kier alpha value is -3.62. The number of nitrogens with two attached hydrogens (primary N) is 1. The van der Waals surface area contributed by atoms with Crippen LogP contribution in [0.2, 0.25) is 5.02 Å². The monoisotopic (exact) mass is 541 g/mol. The molecule has 0 radical (unpaired) electrons. The lowest BCUT2D eigenvalue weighted by Gasteiger charge is -2.38. The molecule has 0 saturated carbocycles. The van der Waals surface area contributed by atoms with Gasteiger partial charge in [0.05, 0.1) is 22.0 Å². The Kier molecular flexibility index (Phi) is 8.23. The molecule has 0 bridgehead atoms. The molecule has 1 fully saturated rings. The second-order valence-electron chi connectivity index (χ2n) is 9.30. The Labute approximate surface area is 224 Å². The van der Waals surface area contributed by atoms with Crippen molar-refractivity contribution >= 4 is 28.9 Å². The summed E-state index contributed by atoms with van der Waals surface area (Å²) in [5, 5.41) is 11.3. The van der Waals surface area contributed by atoms with Crippen molar-refractivity contribution in [3.8, 4) is 0 Å². The molecular formula is C29H27ClF3N3O2. The number of amides is 1. The van der Waals surface area contributed by atoms with Crippen LogP contribution in [0.15, 0.2) is 95.6 Å². The van der Waals surface area contributed by atoms with Gasteiger partial charge in [-0.3, -0.25) is 4.79 Å². The molecule has 0 atom stereocenters. The van der Waals surface area contributed by atoms with Gasteiger partial charge in [0.1, 0.15) is 5.70 Å². The first-order chi connectivity index (χ1) is 18.0. The van der Waals surface area contributed by atoms with E-state index in [1.54, 1.807) is 41.3 Å². The lowest BCUT2D eigenvalue weighted by atomic mass is 9.85. The minimum absolute atomic E-state index is 0.0455. The highest BCUT2D eigenvalue weighted by molar-refractivity contribution is 6.33. The average molecular weight is 542 g/mol. The molecule has 1 aliphatic rings. The van der Waals surface area contributed by atoms with Crippen LogP contribution >= 0.6 is 11.6 Å². The molecule has 5 nitrogen and oxygen atoms in total. The van der Waals surface area contributed by atoms with E-state index in [0.29, 0.717) is 43.5 Å². The number of benzene rings is 3. The van der Waals surface area contributed by atoms with Crippen LogP contribution in [-0.4, -0.2) is 46.5 Å². The van der Waals surface area contributed by atoms with Gasteiger partial charge in [-0.15, -0.1) is 0 Å². The number of allylic oxidation sites excluding steroid dienone is 2. The van der Waals surface area contributed by atoms with Crippen LogP contribution in [-0.2, 0) is 6.42 Å². The number of carbonyl (C=O) groups is 1. The predicted molar refractivity (Wildman–Crippen MR) is 143 cm³/mol. The fourth-order valence-electron chi connectivity index (χ4n) is 4.33. The third-order valence-electron chi connectivity index (χ3n) is 6.50. The zero-order valence-electron chi connectivity index (χ0n) is 20.5. The first-order valence-corrected chi connectivity index (χ1v) is 12.5. The molecule has 9 heteroatoms. The highest BCUT2D eigenvalue weighted by Gasteiger charge is 2.34. The van der Waals surface area contributed by atoms with Crippen LogP contribution in [0.4, 0.5) is 18.9 Å². The van der Waals surface area contributed by atoms with E-state index in [0.717, 1.165) is 11.6 Å². The van der Waals surface area contributed by atoms with Gasteiger partial charge in [0.15, 0.2) is 0 Å². The molecule has 3 aromatic rings. The molecule has 4 rings (SSSR count). The number of aliphatic hydroxyl groups is 1. The van der Waals surface area contributed by atoms with E-state index in [4.69, 9.17) is 17.3 Å². The van der Waals surface area contributed by atoms with E-state index in [9.17, 15) is 23.1 Å². The summed E-state index contributed by atoms with van der Waals surface area (Å²) in [6.45, 7) is 0.794. The van der Waals surface area contributed by atoms with Gasteiger partial charge in [0, 0.05) is 30.6 Å². The number of hydrogen-bond donors (Lipinski definition) is 2. The molecule has 3 N–H and O–H groups in total. The molecule has 1 aliphatic heterocycles. The Balaban J connectivity index is 1.51. The first kappa shape index (κ1) is 27.4. The third kappa shape index (κ3) is 6.82. The third-order valence-corrected chi connectivity index (χ3v) is 6.82. The summed E-state index contributed by atoms with van der Waals surface area (Å²) >= 11 is 6.15. The van der Waals surface area contributed by atoms with Crippen LogP contribution in [0.1, 0.15) is 34.3 Å². The van der Waals surface area contributed by atoms with Gasteiger partial charge in [-0.25, -0.2) is 4.99 Å². The highest BCUT2D eigenvalue weighted by Crippen LogP contribution is 2.29. The average Bonchev–Trinajstić information content (AvgIpc) is 2.89. The summed E-state index contributed by atoms with van der Waals surface area (Å²) in [5.41, 5.74) is 5.08. The molecule has 3 aromatic carbocycles. The van der Waals surface area contributed by atoms with E-state index in [1.165, 1.54) is 12.1 Å². The molecule has 38 heavy (non-hydrogen) atoms. The van der Waals surface area contributed by atoms with Crippen molar-refractivity contribution in [1.82, 2.24) is 4.90 Å². The zero-order chi connectivity index (χ0) is 27.3. The van der Waals surface area contributed by atoms with Gasteiger partial charge in [0.25, 0.3) is 5.91 Å². The maximum atomic E-state index is 13.2. The van der Waals surface area contributed by atoms with Crippen LogP contribution in [0.25, 0.3) is 0 Å². The van der Waals surface area contributed by atoms with Crippen molar-refractivity contribution in [2.45, 2.75) is 31.0 Å². The van der Waals surface area contributed by atoms with E-state index >= 15 is 0 Å². The lowest BCUT2D eigenvalue weighted by molar-refractivity contribution is -0.0925. The molecule has 198 valence electrons. The van der Waals surface area contributed by atoms with Gasteiger partial charge >= 0.3 is 6.18 Å². The van der Waals surface area contributed by atoms with E-state index in [-0.39, 0.29) is 22.3 Å². The van der Waals surface area contributed by atoms with Gasteiger partial charge in [-0.1, -0.05) is 66.2 Å². The van der Waals surface area contributed by atoms with E-state index in [2.05, 4.69) is 4.99 Å². The number of halogens is 4. The molecule has 0 aliphatic carbocycles. The normalized spacial score (nSPS) is 16.4. The van der Waals surface area contributed by atoms with Crippen molar-refractivity contribution in [2.24, 2.45) is 10.7 Å². The van der Waals surface area contributed by atoms with Crippen LogP contribution < -0.4 is 5.73 Å². The summed E-state index contributed by atoms with van der Waals surface area (Å²) in [4.78, 5) is 19.1. The Morgan fingerprint density at radius 1 is 0.974 bits per heavy atom. The van der Waals surface area contributed by atoms with Crippen molar-refractivity contribution in [3.63, 3.8) is 0 Å². The number of piperidine rings is 1. The lowest BCUT2D eigenvalue weighted by Crippen LogP contribution is -2.47. The van der Waals surface area contributed by atoms with Crippen molar-refractivity contribution in [1.29, 1.82) is 0 Å². The Morgan fingerprint density at radius 3 is 2.16 bits per heavy atom.